The third-order valence-corrected chi connectivity index (χ3v) is 6.42. The number of H-pyrrole nitrogens is 1. The highest BCUT2D eigenvalue weighted by atomic mass is 16.5. The number of hydrogen-bond acceptors (Lipinski definition) is 8. The molecular weight excluding hydrogens is 444 g/mol. The Balaban J connectivity index is 1.24. The lowest BCUT2D eigenvalue weighted by molar-refractivity contribution is 0.0585. The molecule has 1 aliphatic heterocycles. The van der Waals surface area contributed by atoms with Crippen LogP contribution in [0.1, 0.15) is 18.2 Å². The van der Waals surface area contributed by atoms with Gasteiger partial charge in [-0.2, -0.15) is 5.10 Å². The van der Waals surface area contributed by atoms with Gasteiger partial charge in [0.25, 0.3) is 0 Å². The van der Waals surface area contributed by atoms with E-state index in [-0.39, 0.29) is 0 Å². The number of aromatic amines is 1. The Bertz CT molecular complexity index is 1480. The minimum Gasteiger partial charge on any atom is -0.492 e. The Morgan fingerprint density at radius 2 is 2.00 bits per heavy atom. The standard InChI is InChI=1S/C25H26N8O2/c1-3-35-18-8-19(23-20-11-29-30-24(20)31-33(23)13-18)17-5-6-21(27-10-17)25(26)14-32(15-25)12-16-4-7-22(34-2)28-9-16/h4-11,13H,3,12,14-15,26H2,1-2H3,(H,30,31). The zero-order valence-corrected chi connectivity index (χ0v) is 19.6. The highest BCUT2D eigenvalue weighted by Gasteiger charge is 2.41. The van der Waals surface area contributed by atoms with E-state index in [1.54, 1.807) is 13.3 Å². The molecule has 0 spiro atoms. The molecule has 1 saturated heterocycles. The SMILES string of the molecule is CCOc1cc(-c2ccc(C3(N)CN(Cc4ccc(OC)nc4)C3)nc2)c2c3cn[nH]c3nn2c1. The maximum atomic E-state index is 6.71. The van der Waals surface area contributed by atoms with Crippen LogP contribution in [0.4, 0.5) is 0 Å². The molecule has 1 fully saturated rings. The number of nitrogens with two attached hydrogens (primary N) is 1. The number of fused-ring (bicyclic) bond motifs is 3. The van der Waals surface area contributed by atoms with Gasteiger partial charge in [0, 0.05) is 49.2 Å². The van der Waals surface area contributed by atoms with Crippen LogP contribution in [0.5, 0.6) is 11.6 Å². The van der Waals surface area contributed by atoms with Crippen molar-refractivity contribution in [3.05, 3.63) is 66.4 Å². The van der Waals surface area contributed by atoms with E-state index in [0.29, 0.717) is 12.5 Å². The normalized spacial score (nSPS) is 15.4. The minimum atomic E-state index is -0.477. The van der Waals surface area contributed by atoms with E-state index in [1.165, 1.54) is 0 Å². The Morgan fingerprint density at radius 3 is 2.71 bits per heavy atom. The molecule has 0 unspecified atom stereocenters. The number of pyridine rings is 3. The molecular formula is C25H26N8O2. The number of nitrogens with zero attached hydrogens (tertiary/aromatic N) is 6. The molecule has 0 radical (unpaired) electrons. The minimum absolute atomic E-state index is 0.477. The van der Waals surface area contributed by atoms with Crippen molar-refractivity contribution in [1.29, 1.82) is 0 Å². The van der Waals surface area contributed by atoms with Crippen molar-refractivity contribution in [3.63, 3.8) is 0 Å². The summed E-state index contributed by atoms with van der Waals surface area (Å²) in [7, 11) is 1.62. The molecule has 35 heavy (non-hydrogen) atoms. The maximum Gasteiger partial charge on any atom is 0.212 e. The van der Waals surface area contributed by atoms with Crippen LogP contribution < -0.4 is 15.2 Å². The number of methoxy groups -OCH3 is 1. The predicted molar refractivity (Wildman–Crippen MR) is 131 cm³/mol. The van der Waals surface area contributed by atoms with Crippen LogP contribution in [0.15, 0.2) is 55.1 Å². The first-order chi connectivity index (χ1) is 17.1. The molecule has 0 saturated carbocycles. The zero-order chi connectivity index (χ0) is 24.0. The summed E-state index contributed by atoms with van der Waals surface area (Å²) >= 11 is 0. The number of ether oxygens (including phenoxy) is 2. The van der Waals surface area contributed by atoms with Crippen LogP contribution in [-0.2, 0) is 12.1 Å². The Morgan fingerprint density at radius 1 is 1.11 bits per heavy atom. The number of aromatic nitrogens is 6. The van der Waals surface area contributed by atoms with Crippen molar-refractivity contribution in [2.24, 2.45) is 5.73 Å². The first kappa shape index (κ1) is 21.5. The Labute approximate surface area is 201 Å². The zero-order valence-electron chi connectivity index (χ0n) is 19.6. The van der Waals surface area contributed by atoms with Gasteiger partial charge < -0.3 is 15.2 Å². The van der Waals surface area contributed by atoms with Gasteiger partial charge in [-0.05, 0) is 24.6 Å². The van der Waals surface area contributed by atoms with E-state index in [2.05, 4.69) is 31.2 Å². The summed E-state index contributed by atoms with van der Waals surface area (Å²) in [6.45, 7) is 4.78. The maximum absolute atomic E-state index is 6.71. The van der Waals surface area contributed by atoms with Gasteiger partial charge in [0.2, 0.25) is 5.88 Å². The third-order valence-electron chi connectivity index (χ3n) is 6.42. The van der Waals surface area contributed by atoms with Gasteiger partial charge in [-0.25, -0.2) is 9.50 Å². The first-order valence-corrected chi connectivity index (χ1v) is 11.5. The molecule has 0 atom stereocenters. The predicted octanol–water partition coefficient (Wildman–Crippen LogP) is 2.74. The van der Waals surface area contributed by atoms with Gasteiger partial charge in [-0.15, -0.1) is 5.10 Å². The van der Waals surface area contributed by atoms with Gasteiger partial charge in [-0.3, -0.25) is 15.0 Å². The third kappa shape index (κ3) is 3.76. The average Bonchev–Trinajstić information content (AvgIpc) is 3.44. The summed E-state index contributed by atoms with van der Waals surface area (Å²) in [5.74, 6) is 1.36. The fourth-order valence-electron chi connectivity index (χ4n) is 4.76. The summed E-state index contributed by atoms with van der Waals surface area (Å²) in [4.78, 5) is 11.3. The van der Waals surface area contributed by atoms with E-state index in [9.17, 15) is 0 Å². The lowest BCUT2D eigenvalue weighted by atomic mass is 9.86. The van der Waals surface area contributed by atoms with Gasteiger partial charge in [0.15, 0.2) is 5.65 Å². The fourth-order valence-corrected chi connectivity index (χ4v) is 4.76. The lowest BCUT2D eigenvalue weighted by Crippen LogP contribution is -2.64. The van der Waals surface area contributed by atoms with Crippen LogP contribution in [0.3, 0.4) is 0 Å². The second kappa shape index (κ2) is 8.33. The smallest absolute Gasteiger partial charge is 0.212 e. The Kier molecular flexibility index (Phi) is 5.12. The quantitative estimate of drug-likeness (QED) is 0.373. The molecule has 10 heteroatoms. The molecule has 6 rings (SSSR count). The van der Waals surface area contributed by atoms with Crippen LogP contribution in [-0.4, -0.2) is 61.5 Å². The van der Waals surface area contributed by atoms with E-state index < -0.39 is 5.54 Å². The van der Waals surface area contributed by atoms with Crippen LogP contribution in [0.2, 0.25) is 0 Å². The summed E-state index contributed by atoms with van der Waals surface area (Å²) in [6.07, 6.45) is 7.39. The van der Waals surface area contributed by atoms with Crippen molar-refractivity contribution in [3.8, 4) is 22.8 Å². The van der Waals surface area contributed by atoms with Gasteiger partial charge in [0.05, 0.1) is 48.2 Å². The average molecular weight is 471 g/mol. The van der Waals surface area contributed by atoms with Crippen molar-refractivity contribution in [2.45, 2.75) is 19.0 Å². The second-order valence-electron chi connectivity index (χ2n) is 8.89. The summed E-state index contributed by atoms with van der Waals surface area (Å²) in [5.41, 5.74) is 11.9. The van der Waals surface area contributed by atoms with Crippen molar-refractivity contribution >= 4 is 16.6 Å². The monoisotopic (exact) mass is 470 g/mol. The summed E-state index contributed by atoms with van der Waals surface area (Å²) < 4.78 is 12.7. The molecule has 0 amide bonds. The Hall–Kier alpha value is -4.02. The van der Waals surface area contributed by atoms with E-state index >= 15 is 0 Å². The van der Waals surface area contributed by atoms with Crippen molar-refractivity contribution < 1.29 is 9.47 Å². The van der Waals surface area contributed by atoms with Crippen LogP contribution in [0, 0.1) is 0 Å². The summed E-state index contributed by atoms with van der Waals surface area (Å²) in [6, 6.07) is 10.0. The lowest BCUT2D eigenvalue weighted by Gasteiger charge is -2.47. The molecule has 6 heterocycles. The molecule has 0 aromatic carbocycles. The highest BCUT2D eigenvalue weighted by molar-refractivity contribution is 6.00. The molecule has 3 N–H and O–H groups in total. The van der Waals surface area contributed by atoms with Gasteiger partial charge >= 0.3 is 0 Å². The van der Waals surface area contributed by atoms with Gasteiger partial charge in [-0.1, -0.05) is 12.1 Å². The largest absolute Gasteiger partial charge is 0.492 e. The first-order valence-electron chi connectivity index (χ1n) is 11.5. The molecule has 5 aromatic rings. The van der Waals surface area contributed by atoms with Crippen LogP contribution >= 0.6 is 0 Å². The van der Waals surface area contributed by atoms with Gasteiger partial charge in [0.1, 0.15) is 5.75 Å². The highest BCUT2D eigenvalue weighted by Crippen LogP contribution is 2.35. The number of hydrogen-bond donors (Lipinski definition) is 2. The van der Waals surface area contributed by atoms with E-state index in [0.717, 1.165) is 64.3 Å². The number of rotatable bonds is 7. The second-order valence-corrected chi connectivity index (χ2v) is 8.89. The molecule has 0 bridgehead atoms. The summed E-state index contributed by atoms with van der Waals surface area (Å²) in [5, 5.41) is 12.6. The van der Waals surface area contributed by atoms with Crippen LogP contribution in [0.25, 0.3) is 27.7 Å². The van der Waals surface area contributed by atoms with Crippen molar-refractivity contribution in [2.75, 3.05) is 26.8 Å². The molecule has 1 aliphatic rings. The molecule has 5 aromatic heterocycles. The molecule has 0 aliphatic carbocycles. The topological polar surface area (TPSA) is 119 Å². The van der Waals surface area contributed by atoms with E-state index in [1.807, 2.05) is 54.3 Å². The fraction of sp³-hybridized carbons (Fsp3) is 0.280. The molecule has 10 nitrogen and oxygen atoms in total. The number of nitrogens with one attached hydrogen (secondary N) is 1. The number of likely N-dealkylation sites (tertiary alicyclic amines) is 1. The molecule has 178 valence electrons. The van der Waals surface area contributed by atoms with Crippen molar-refractivity contribution in [1.82, 2.24) is 34.7 Å². The van der Waals surface area contributed by atoms with E-state index in [4.69, 9.17) is 20.2 Å².